The van der Waals surface area contributed by atoms with Gasteiger partial charge in [0.15, 0.2) is 0 Å². The van der Waals surface area contributed by atoms with Crippen molar-refractivity contribution < 1.29 is 17.9 Å². The molecule has 30 heavy (non-hydrogen) atoms. The summed E-state index contributed by atoms with van der Waals surface area (Å²) >= 11 is 5.84. The summed E-state index contributed by atoms with van der Waals surface area (Å²) in [5.41, 5.74) is 0.708. The number of ether oxygens (including phenoxy) is 2. The van der Waals surface area contributed by atoms with E-state index in [9.17, 15) is 8.42 Å². The molecule has 1 aliphatic rings. The maximum atomic E-state index is 13.0. The minimum Gasteiger partial charge on any atom is -0.475 e. The van der Waals surface area contributed by atoms with Crippen molar-refractivity contribution in [3.8, 4) is 5.88 Å². The molecule has 0 spiro atoms. The summed E-state index contributed by atoms with van der Waals surface area (Å²) in [4.78, 5) is 6.55. The summed E-state index contributed by atoms with van der Waals surface area (Å²) in [6.45, 7) is 2.75. The summed E-state index contributed by atoms with van der Waals surface area (Å²) < 4.78 is 38.8. The fourth-order valence-electron chi connectivity index (χ4n) is 3.34. The van der Waals surface area contributed by atoms with Crippen molar-refractivity contribution in [2.45, 2.75) is 17.5 Å². The lowest BCUT2D eigenvalue weighted by atomic mass is 10.2. The zero-order valence-electron chi connectivity index (χ0n) is 16.2. The molecule has 3 aromatic rings. The Bertz CT molecular complexity index is 1070. The van der Waals surface area contributed by atoms with Gasteiger partial charge in [0, 0.05) is 43.8 Å². The van der Waals surface area contributed by atoms with E-state index in [1.54, 1.807) is 54.7 Å². The molecular formula is C21H22ClN3O4S. The van der Waals surface area contributed by atoms with E-state index in [-0.39, 0.29) is 11.0 Å². The third kappa shape index (κ3) is 4.84. The van der Waals surface area contributed by atoms with E-state index in [0.717, 1.165) is 0 Å². The largest absolute Gasteiger partial charge is 0.475 e. The van der Waals surface area contributed by atoms with Crippen molar-refractivity contribution >= 4 is 21.6 Å². The zero-order valence-corrected chi connectivity index (χ0v) is 17.8. The number of benzene rings is 1. The molecule has 1 atom stereocenters. The Morgan fingerprint density at radius 2 is 1.97 bits per heavy atom. The summed E-state index contributed by atoms with van der Waals surface area (Å²) in [5, 5.41) is 0.552. The molecule has 0 radical (unpaired) electrons. The Labute approximate surface area is 180 Å². The first-order chi connectivity index (χ1) is 14.5. The van der Waals surface area contributed by atoms with E-state index < -0.39 is 10.0 Å². The molecule has 3 heterocycles. The molecule has 1 saturated heterocycles. The Kier molecular flexibility index (Phi) is 6.38. The highest BCUT2D eigenvalue weighted by Crippen LogP contribution is 2.19. The van der Waals surface area contributed by atoms with Gasteiger partial charge in [0.2, 0.25) is 5.88 Å². The second kappa shape index (κ2) is 9.18. The third-order valence-corrected chi connectivity index (χ3v) is 6.78. The van der Waals surface area contributed by atoms with Crippen molar-refractivity contribution in [1.29, 1.82) is 0 Å². The number of hydrogen-bond donors (Lipinski definition) is 0. The Hall–Kier alpha value is -2.39. The highest BCUT2D eigenvalue weighted by atomic mass is 35.5. The molecule has 1 fully saturated rings. The maximum absolute atomic E-state index is 13.0. The number of nitrogens with zero attached hydrogens (tertiary/aromatic N) is 3. The first-order valence-corrected chi connectivity index (χ1v) is 11.4. The van der Waals surface area contributed by atoms with Crippen molar-refractivity contribution in [2.24, 2.45) is 0 Å². The van der Waals surface area contributed by atoms with Crippen LogP contribution < -0.4 is 4.74 Å². The fourth-order valence-corrected chi connectivity index (χ4v) is 4.84. The molecule has 0 N–H and O–H groups in total. The molecule has 0 bridgehead atoms. The minimum atomic E-state index is -3.63. The highest BCUT2D eigenvalue weighted by molar-refractivity contribution is 7.90. The zero-order chi connectivity index (χ0) is 21.0. The number of hydrogen-bond acceptors (Lipinski definition) is 6. The van der Waals surface area contributed by atoms with E-state index in [1.807, 2.05) is 6.07 Å². The smallest absolute Gasteiger partial charge is 0.267 e. The SMILES string of the molecule is O=S(=O)(c1ccccc1)n1cccc1CN1CCOC(COc2ccc(Cl)cn2)C1. The van der Waals surface area contributed by atoms with Gasteiger partial charge in [0.1, 0.15) is 12.7 Å². The highest BCUT2D eigenvalue weighted by Gasteiger charge is 2.24. The van der Waals surface area contributed by atoms with Gasteiger partial charge in [-0.25, -0.2) is 17.4 Å². The summed E-state index contributed by atoms with van der Waals surface area (Å²) in [6, 6.07) is 15.5. The van der Waals surface area contributed by atoms with Crippen LogP contribution in [0.15, 0.2) is 71.9 Å². The average molecular weight is 448 g/mol. The van der Waals surface area contributed by atoms with Crippen LogP contribution in [0.25, 0.3) is 0 Å². The van der Waals surface area contributed by atoms with E-state index in [1.165, 1.54) is 10.2 Å². The van der Waals surface area contributed by atoms with Crippen LogP contribution in [-0.2, 0) is 21.3 Å². The monoisotopic (exact) mass is 447 g/mol. The van der Waals surface area contributed by atoms with Gasteiger partial charge in [0.05, 0.1) is 16.5 Å². The van der Waals surface area contributed by atoms with E-state index in [4.69, 9.17) is 21.1 Å². The van der Waals surface area contributed by atoms with Crippen LogP contribution in [-0.4, -0.2) is 54.7 Å². The number of morpholine rings is 1. The van der Waals surface area contributed by atoms with Crippen LogP contribution in [0.1, 0.15) is 5.69 Å². The molecule has 2 aromatic heterocycles. The second-order valence-corrected chi connectivity index (χ2v) is 9.22. The number of aromatic nitrogens is 2. The molecule has 1 unspecified atom stereocenters. The standard InChI is InChI=1S/C21H22ClN3O4S/c22-17-8-9-21(23-13-17)29-16-19-15-24(11-12-28-19)14-18-5-4-10-25(18)30(26,27)20-6-2-1-3-7-20/h1-10,13,19H,11-12,14-16H2. The summed E-state index contributed by atoms with van der Waals surface area (Å²) in [5.74, 6) is 0.489. The van der Waals surface area contributed by atoms with Gasteiger partial charge in [-0.2, -0.15) is 0 Å². The lowest BCUT2D eigenvalue weighted by molar-refractivity contribution is -0.0513. The molecule has 1 aromatic carbocycles. The quantitative estimate of drug-likeness (QED) is 0.554. The summed E-state index contributed by atoms with van der Waals surface area (Å²) in [7, 11) is -3.63. The van der Waals surface area contributed by atoms with Crippen LogP contribution in [0.4, 0.5) is 0 Å². The lowest BCUT2D eigenvalue weighted by Crippen LogP contribution is -2.44. The maximum Gasteiger partial charge on any atom is 0.267 e. The van der Waals surface area contributed by atoms with Gasteiger partial charge < -0.3 is 9.47 Å². The van der Waals surface area contributed by atoms with Crippen molar-refractivity contribution in [3.05, 3.63) is 77.7 Å². The molecule has 9 heteroatoms. The van der Waals surface area contributed by atoms with Gasteiger partial charge >= 0.3 is 0 Å². The molecule has 0 saturated carbocycles. The fraction of sp³-hybridized carbons (Fsp3) is 0.286. The first-order valence-electron chi connectivity index (χ1n) is 9.57. The molecule has 0 aliphatic carbocycles. The predicted molar refractivity (Wildman–Crippen MR) is 113 cm³/mol. The molecule has 7 nitrogen and oxygen atoms in total. The van der Waals surface area contributed by atoms with E-state index in [0.29, 0.717) is 49.4 Å². The van der Waals surface area contributed by atoms with Gasteiger partial charge in [-0.15, -0.1) is 0 Å². The van der Waals surface area contributed by atoms with Crippen molar-refractivity contribution in [2.75, 3.05) is 26.3 Å². The normalized spacial score (nSPS) is 17.7. The number of rotatable bonds is 7. The van der Waals surface area contributed by atoms with Crippen molar-refractivity contribution in [3.63, 3.8) is 0 Å². The van der Waals surface area contributed by atoms with Crippen LogP contribution in [0.2, 0.25) is 5.02 Å². The molecule has 4 rings (SSSR count). The van der Waals surface area contributed by atoms with Crippen molar-refractivity contribution in [1.82, 2.24) is 13.9 Å². The Balaban J connectivity index is 1.40. The van der Waals surface area contributed by atoms with Gasteiger partial charge in [-0.1, -0.05) is 29.8 Å². The average Bonchev–Trinajstić information content (AvgIpc) is 3.23. The van der Waals surface area contributed by atoms with E-state index >= 15 is 0 Å². The molecule has 0 amide bonds. The van der Waals surface area contributed by atoms with Crippen LogP contribution in [0.3, 0.4) is 0 Å². The predicted octanol–water partition coefficient (Wildman–Crippen LogP) is 3.05. The number of halogens is 1. The number of pyridine rings is 1. The third-order valence-electron chi connectivity index (χ3n) is 4.82. The first kappa shape index (κ1) is 20.9. The van der Waals surface area contributed by atoms with Gasteiger partial charge in [-0.3, -0.25) is 4.90 Å². The molecular weight excluding hydrogens is 426 g/mol. The lowest BCUT2D eigenvalue weighted by Gasteiger charge is -2.32. The van der Waals surface area contributed by atoms with Crippen LogP contribution >= 0.6 is 11.6 Å². The summed E-state index contributed by atoms with van der Waals surface area (Å²) in [6.07, 6.45) is 2.99. The van der Waals surface area contributed by atoms with Crippen LogP contribution in [0.5, 0.6) is 5.88 Å². The Morgan fingerprint density at radius 3 is 2.73 bits per heavy atom. The molecule has 158 valence electrons. The second-order valence-electron chi connectivity index (χ2n) is 6.97. The van der Waals surface area contributed by atoms with E-state index in [2.05, 4.69) is 9.88 Å². The minimum absolute atomic E-state index is 0.134. The van der Waals surface area contributed by atoms with Gasteiger partial charge in [0.25, 0.3) is 10.0 Å². The topological polar surface area (TPSA) is 73.7 Å². The Morgan fingerprint density at radius 1 is 1.13 bits per heavy atom. The molecule has 1 aliphatic heterocycles. The van der Waals surface area contributed by atoms with Crippen LogP contribution in [0, 0.1) is 0 Å². The van der Waals surface area contributed by atoms with Gasteiger partial charge in [-0.05, 0) is 30.3 Å².